The fourth-order valence-corrected chi connectivity index (χ4v) is 2.73. The van der Waals surface area contributed by atoms with Crippen LogP contribution in [0.25, 0.3) is 0 Å². The van der Waals surface area contributed by atoms with Crippen molar-refractivity contribution in [3.8, 4) is 0 Å². The summed E-state index contributed by atoms with van der Waals surface area (Å²) in [4.78, 5) is 13.7. The van der Waals surface area contributed by atoms with Crippen molar-refractivity contribution in [1.29, 1.82) is 0 Å². The van der Waals surface area contributed by atoms with Crippen LogP contribution in [-0.4, -0.2) is 21.5 Å². The lowest BCUT2D eigenvalue weighted by Crippen LogP contribution is -2.10. The maximum Gasteiger partial charge on any atom is 0.136 e. The van der Waals surface area contributed by atoms with Crippen molar-refractivity contribution >= 4 is 17.2 Å². The minimum atomic E-state index is 0.702. The Morgan fingerprint density at radius 1 is 1.16 bits per heavy atom. The van der Waals surface area contributed by atoms with Crippen LogP contribution in [0.2, 0.25) is 0 Å². The van der Waals surface area contributed by atoms with Gasteiger partial charge >= 0.3 is 0 Å². The van der Waals surface area contributed by atoms with Crippen molar-refractivity contribution in [2.45, 2.75) is 40.5 Å². The maximum absolute atomic E-state index is 4.64. The Hall–Kier alpha value is -1.49. The number of aryl methyl sites for hydroxylation is 2. The zero-order chi connectivity index (χ0) is 13.8. The van der Waals surface area contributed by atoms with Gasteiger partial charge in [-0.25, -0.2) is 15.0 Å². The molecule has 0 radical (unpaired) electrons. The molecule has 0 unspecified atom stereocenters. The SMILES string of the molecule is CCNc1nc(Cc2csc(C)n2)nc(C)c1CC. The Morgan fingerprint density at radius 2 is 1.95 bits per heavy atom. The van der Waals surface area contributed by atoms with E-state index in [1.807, 2.05) is 6.92 Å². The first-order valence-electron chi connectivity index (χ1n) is 6.65. The third-order valence-electron chi connectivity index (χ3n) is 2.96. The first-order valence-corrected chi connectivity index (χ1v) is 7.53. The monoisotopic (exact) mass is 276 g/mol. The summed E-state index contributed by atoms with van der Waals surface area (Å²) in [6.45, 7) is 9.16. The topological polar surface area (TPSA) is 50.7 Å². The van der Waals surface area contributed by atoms with Crippen LogP contribution in [0.3, 0.4) is 0 Å². The lowest BCUT2D eigenvalue weighted by Gasteiger charge is -2.12. The van der Waals surface area contributed by atoms with Gasteiger partial charge in [0.05, 0.1) is 17.1 Å². The van der Waals surface area contributed by atoms with Gasteiger partial charge in [-0.3, -0.25) is 0 Å². The summed E-state index contributed by atoms with van der Waals surface area (Å²) in [5.41, 5.74) is 3.32. The fraction of sp³-hybridized carbons (Fsp3) is 0.500. The zero-order valence-electron chi connectivity index (χ0n) is 11.9. The van der Waals surface area contributed by atoms with E-state index in [0.717, 1.165) is 41.0 Å². The van der Waals surface area contributed by atoms with Crippen molar-refractivity contribution in [2.75, 3.05) is 11.9 Å². The van der Waals surface area contributed by atoms with Crippen molar-refractivity contribution in [3.05, 3.63) is 33.2 Å². The first-order chi connectivity index (χ1) is 9.13. The van der Waals surface area contributed by atoms with Gasteiger partial charge in [0.2, 0.25) is 0 Å². The van der Waals surface area contributed by atoms with Crippen LogP contribution < -0.4 is 5.32 Å². The van der Waals surface area contributed by atoms with Crippen molar-refractivity contribution in [3.63, 3.8) is 0 Å². The van der Waals surface area contributed by atoms with Crippen molar-refractivity contribution in [2.24, 2.45) is 0 Å². The highest BCUT2D eigenvalue weighted by atomic mass is 32.1. The molecule has 0 atom stereocenters. The number of hydrogen-bond donors (Lipinski definition) is 1. The molecule has 0 saturated carbocycles. The van der Waals surface area contributed by atoms with Crippen LogP contribution in [0, 0.1) is 13.8 Å². The average Bonchev–Trinajstić information content (AvgIpc) is 2.75. The average molecular weight is 276 g/mol. The summed E-state index contributed by atoms with van der Waals surface area (Å²) in [7, 11) is 0. The largest absolute Gasteiger partial charge is 0.370 e. The van der Waals surface area contributed by atoms with Crippen LogP contribution in [0.1, 0.15) is 41.6 Å². The van der Waals surface area contributed by atoms with Crippen LogP contribution in [-0.2, 0) is 12.8 Å². The Kier molecular flexibility index (Phi) is 4.47. The molecule has 19 heavy (non-hydrogen) atoms. The number of thiazole rings is 1. The number of aromatic nitrogens is 3. The van der Waals surface area contributed by atoms with Crippen molar-refractivity contribution in [1.82, 2.24) is 15.0 Å². The smallest absolute Gasteiger partial charge is 0.136 e. The number of hydrogen-bond acceptors (Lipinski definition) is 5. The molecular weight excluding hydrogens is 256 g/mol. The molecule has 2 aromatic rings. The number of nitrogens with zero attached hydrogens (tertiary/aromatic N) is 3. The van der Waals surface area contributed by atoms with Gasteiger partial charge in [0, 0.05) is 23.2 Å². The number of anilines is 1. The molecule has 0 spiro atoms. The summed E-state index contributed by atoms with van der Waals surface area (Å²) in [6, 6.07) is 0. The second kappa shape index (κ2) is 6.10. The molecule has 0 aromatic carbocycles. The Morgan fingerprint density at radius 3 is 2.53 bits per heavy atom. The van der Waals surface area contributed by atoms with E-state index in [1.165, 1.54) is 5.56 Å². The van der Waals surface area contributed by atoms with Gasteiger partial charge in [0.1, 0.15) is 11.6 Å². The highest BCUT2D eigenvalue weighted by Crippen LogP contribution is 2.19. The van der Waals surface area contributed by atoms with Crippen LogP contribution >= 0.6 is 11.3 Å². The van der Waals surface area contributed by atoms with E-state index in [1.54, 1.807) is 11.3 Å². The van der Waals surface area contributed by atoms with E-state index in [4.69, 9.17) is 0 Å². The van der Waals surface area contributed by atoms with Crippen LogP contribution in [0.4, 0.5) is 5.82 Å². The highest BCUT2D eigenvalue weighted by molar-refractivity contribution is 7.09. The Labute approximate surface area is 118 Å². The summed E-state index contributed by atoms with van der Waals surface area (Å²) < 4.78 is 0. The van der Waals surface area contributed by atoms with Gasteiger partial charge in [-0.05, 0) is 27.2 Å². The van der Waals surface area contributed by atoms with Gasteiger partial charge < -0.3 is 5.32 Å². The van der Waals surface area contributed by atoms with E-state index < -0.39 is 0 Å². The van der Waals surface area contributed by atoms with Gasteiger partial charge in [-0.15, -0.1) is 11.3 Å². The first kappa shape index (κ1) is 13.9. The zero-order valence-corrected chi connectivity index (χ0v) is 12.8. The molecule has 102 valence electrons. The third kappa shape index (κ3) is 3.29. The molecule has 0 aliphatic carbocycles. The van der Waals surface area contributed by atoms with E-state index >= 15 is 0 Å². The molecule has 2 aromatic heterocycles. The van der Waals surface area contributed by atoms with Crippen LogP contribution in [0.5, 0.6) is 0 Å². The van der Waals surface area contributed by atoms with E-state index in [0.29, 0.717) is 6.42 Å². The Bertz CT molecular complexity index is 563. The van der Waals surface area contributed by atoms with Crippen LogP contribution in [0.15, 0.2) is 5.38 Å². The molecular formula is C14H20N4S. The van der Waals surface area contributed by atoms with Gasteiger partial charge in [0.25, 0.3) is 0 Å². The quantitative estimate of drug-likeness (QED) is 0.911. The van der Waals surface area contributed by atoms with E-state index in [9.17, 15) is 0 Å². The molecule has 0 fully saturated rings. The number of nitrogens with one attached hydrogen (secondary N) is 1. The second-order valence-electron chi connectivity index (χ2n) is 4.47. The molecule has 0 amide bonds. The molecule has 2 rings (SSSR count). The molecule has 0 bridgehead atoms. The van der Waals surface area contributed by atoms with Crippen molar-refractivity contribution < 1.29 is 0 Å². The standard InChI is InChI=1S/C14H20N4S/c1-5-12-9(3)16-13(18-14(12)15-6-2)7-11-8-19-10(4)17-11/h8H,5-7H2,1-4H3,(H,15,16,18). The summed E-state index contributed by atoms with van der Waals surface area (Å²) >= 11 is 1.67. The molecule has 2 heterocycles. The highest BCUT2D eigenvalue weighted by Gasteiger charge is 2.11. The molecule has 0 aliphatic heterocycles. The normalized spacial score (nSPS) is 10.7. The van der Waals surface area contributed by atoms with E-state index in [2.05, 4.69) is 46.4 Å². The summed E-state index contributed by atoms with van der Waals surface area (Å²) in [5.74, 6) is 1.82. The molecule has 0 saturated heterocycles. The third-order valence-corrected chi connectivity index (χ3v) is 3.79. The predicted molar refractivity (Wildman–Crippen MR) is 80.0 cm³/mol. The number of rotatable bonds is 5. The lowest BCUT2D eigenvalue weighted by atomic mass is 10.1. The summed E-state index contributed by atoms with van der Waals surface area (Å²) in [5, 5.41) is 6.50. The van der Waals surface area contributed by atoms with Gasteiger partial charge in [0.15, 0.2) is 0 Å². The lowest BCUT2D eigenvalue weighted by molar-refractivity contribution is 0.888. The maximum atomic E-state index is 4.64. The Balaban J connectivity index is 2.30. The second-order valence-corrected chi connectivity index (χ2v) is 5.53. The van der Waals surface area contributed by atoms with Gasteiger partial charge in [-0.1, -0.05) is 6.92 Å². The molecule has 0 aliphatic rings. The van der Waals surface area contributed by atoms with Gasteiger partial charge in [-0.2, -0.15) is 0 Å². The minimum absolute atomic E-state index is 0.702. The summed E-state index contributed by atoms with van der Waals surface area (Å²) in [6.07, 6.45) is 1.65. The molecule has 5 heteroatoms. The fourth-order valence-electron chi connectivity index (χ4n) is 2.12. The predicted octanol–water partition coefficient (Wildman–Crippen LogP) is 3.13. The minimum Gasteiger partial charge on any atom is -0.370 e. The molecule has 4 nitrogen and oxygen atoms in total. The molecule has 1 N–H and O–H groups in total. The van der Waals surface area contributed by atoms with E-state index in [-0.39, 0.29) is 0 Å².